The van der Waals surface area contributed by atoms with Crippen molar-refractivity contribution in [2.45, 2.75) is 0 Å². The van der Waals surface area contributed by atoms with Gasteiger partial charge in [-0.25, -0.2) is 9.78 Å². The summed E-state index contributed by atoms with van der Waals surface area (Å²) in [6.07, 6.45) is 0.443. The monoisotopic (exact) mass is 185 g/mol. The third kappa shape index (κ3) is 1.79. The van der Waals surface area contributed by atoms with Crippen LogP contribution in [-0.4, -0.2) is 22.3 Å². The smallest absolute Gasteiger partial charge is 0.354 e. The average Bonchev–Trinajstić information content (AvgIpc) is 2.03. The quantitative estimate of drug-likeness (QED) is 0.704. The third-order valence-electron chi connectivity index (χ3n) is 1.15. The summed E-state index contributed by atoms with van der Waals surface area (Å²) < 4.78 is 0. The van der Waals surface area contributed by atoms with Crippen molar-refractivity contribution in [1.29, 1.82) is 0 Å². The summed E-state index contributed by atoms with van der Waals surface area (Å²) in [5.74, 6) is -1.21. The van der Waals surface area contributed by atoms with Crippen LogP contribution in [0.1, 0.15) is 21.0 Å². The van der Waals surface area contributed by atoms with Crippen molar-refractivity contribution in [3.63, 3.8) is 0 Å². The van der Waals surface area contributed by atoms with Gasteiger partial charge in [-0.2, -0.15) is 0 Å². The number of hydrogen-bond donors (Lipinski definition) is 1. The van der Waals surface area contributed by atoms with Gasteiger partial charge in [-0.3, -0.25) is 4.79 Å². The van der Waals surface area contributed by atoms with Gasteiger partial charge in [0.15, 0.2) is 6.29 Å². The molecule has 0 fully saturated rings. The summed E-state index contributed by atoms with van der Waals surface area (Å²) in [6, 6.07) is 2.47. The number of rotatable bonds is 2. The second-order valence-corrected chi connectivity index (χ2v) is 2.45. The number of aldehydes is 1. The second kappa shape index (κ2) is 3.32. The number of carbonyl (C=O) groups is 2. The third-order valence-corrected chi connectivity index (χ3v) is 1.37. The van der Waals surface area contributed by atoms with Crippen LogP contribution in [0.3, 0.4) is 0 Å². The Labute approximate surface area is 72.8 Å². The van der Waals surface area contributed by atoms with Gasteiger partial charge in [-0.1, -0.05) is 11.6 Å². The summed E-state index contributed by atoms with van der Waals surface area (Å²) in [7, 11) is 0. The van der Waals surface area contributed by atoms with Gasteiger partial charge in [-0.15, -0.1) is 0 Å². The predicted octanol–water partition coefficient (Wildman–Crippen LogP) is 1.25. The van der Waals surface area contributed by atoms with Crippen LogP contribution in [0.5, 0.6) is 0 Å². The highest BCUT2D eigenvalue weighted by Crippen LogP contribution is 2.10. The van der Waals surface area contributed by atoms with E-state index in [1.54, 1.807) is 0 Å². The van der Waals surface area contributed by atoms with Gasteiger partial charge in [0.2, 0.25) is 0 Å². The van der Waals surface area contributed by atoms with Crippen molar-refractivity contribution in [1.82, 2.24) is 4.98 Å². The van der Waals surface area contributed by atoms with Gasteiger partial charge in [0.05, 0.1) is 0 Å². The normalized spacial score (nSPS) is 9.42. The number of aromatic nitrogens is 1. The van der Waals surface area contributed by atoms with Crippen molar-refractivity contribution in [2.24, 2.45) is 0 Å². The number of carboxylic acid groups (broad SMARTS) is 1. The van der Waals surface area contributed by atoms with E-state index in [9.17, 15) is 9.59 Å². The highest BCUT2D eigenvalue weighted by atomic mass is 35.5. The SMILES string of the molecule is O=Cc1cc(Cl)cc(C(=O)O)n1. The second-order valence-electron chi connectivity index (χ2n) is 2.02. The molecule has 1 rings (SSSR count). The zero-order valence-corrected chi connectivity index (χ0v) is 6.58. The first-order valence-corrected chi connectivity index (χ1v) is 3.37. The standard InChI is InChI=1S/C7H4ClNO3/c8-4-1-5(3-10)9-6(2-4)7(11)12/h1-3H,(H,11,12). The van der Waals surface area contributed by atoms with Crippen LogP contribution in [0.2, 0.25) is 5.02 Å². The minimum Gasteiger partial charge on any atom is -0.477 e. The molecule has 1 heterocycles. The lowest BCUT2D eigenvalue weighted by Crippen LogP contribution is -2.02. The van der Waals surface area contributed by atoms with Crippen LogP contribution < -0.4 is 0 Å². The molecule has 4 nitrogen and oxygen atoms in total. The molecule has 0 amide bonds. The van der Waals surface area contributed by atoms with Gasteiger partial charge in [0, 0.05) is 5.02 Å². The minimum absolute atomic E-state index is 0.0138. The number of aromatic carboxylic acids is 1. The molecule has 1 aromatic rings. The maximum Gasteiger partial charge on any atom is 0.354 e. The van der Waals surface area contributed by atoms with E-state index in [0.717, 1.165) is 0 Å². The van der Waals surface area contributed by atoms with Gasteiger partial charge >= 0.3 is 5.97 Å². The zero-order valence-electron chi connectivity index (χ0n) is 5.82. The summed E-state index contributed by atoms with van der Waals surface area (Å²) in [4.78, 5) is 24.1. The highest BCUT2D eigenvalue weighted by molar-refractivity contribution is 6.31. The molecule has 0 saturated carbocycles. The Morgan fingerprint density at radius 3 is 2.75 bits per heavy atom. The van der Waals surface area contributed by atoms with Gasteiger partial charge in [0.1, 0.15) is 11.4 Å². The van der Waals surface area contributed by atoms with Crippen LogP contribution in [0.25, 0.3) is 0 Å². The van der Waals surface area contributed by atoms with Crippen molar-refractivity contribution in [2.75, 3.05) is 0 Å². The van der Waals surface area contributed by atoms with Crippen LogP contribution in [0.15, 0.2) is 12.1 Å². The molecule has 0 atom stereocenters. The van der Waals surface area contributed by atoms with Crippen LogP contribution in [-0.2, 0) is 0 Å². The van der Waals surface area contributed by atoms with Crippen LogP contribution >= 0.6 is 11.6 Å². The fourth-order valence-electron chi connectivity index (χ4n) is 0.687. The van der Waals surface area contributed by atoms with E-state index in [1.165, 1.54) is 12.1 Å². The van der Waals surface area contributed by atoms with E-state index in [-0.39, 0.29) is 16.4 Å². The van der Waals surface area contributed by atoms with Crippen molar-refractivity contribution in [3.8, 4) is 0 Å². The molecule has 0 aliphatic carbocycles. The molecule has 0 bridgehead atoms. The number of halogens is 1. The molecule has 0 spiro atoms. The Morgan fingerprint density at radius 2 is 2.25 bits per heavy atom. The molecule has 0 radical (unpaired) electrons. The molecule has 5 heteroatoms. The summed E-state index contributed by atoms with van der Waals surface area (Å²) in [6.45, 7) is 0. The molecule has 12 heavy (non-hydrogen) atoms. The molecular weight excluding hydrogens is 182 g/mol. The van der Waals surface area contributed by atoms with E-state index < -0.39 is 5.97 Å². The Hall–Kier alpha value is -1.42. The number of hydrogen-bond acceptors (Lipinski definition) is 3. The Morgan fingerprint density at radius 1 is 1.58 bits per heavy atom. The summed E-state index contributed by atoms with van der Waals surface area (Å²) in [5, 5.41) is 8.68. The molecule has 0 unspecified atom stereocenters. The number of carbonyl (C=O) groups excluding carboxylic acids is 1. The highest BCUT2D eigenvalue weighted by Gasteiger charge is 2.06. The largest absolute Gasteiger partial charge is 0.477 e. The Balaban J connectivity index is 3.23. The Bertz CT molecular complexity index is 337. The molecule has 1 aromatic heterocycles. The molecule has 0 aliphatic rings. The molecule has 0 saturated heterocycles. The molecule has 1 N–H and O–H groups in total. The minimum atomic E-state index is -1.21. The van der Waals surface area contributed by atoms with E-state index in [1.807, 2.05) is 0 Å². The summed E-state index contributed by atoms with van der Waals surface area (Å²) in [5.41, 5.74) is -0.218. The average molecular weight is 186 g/mol. The number of nitrogens with zero attached hydrogens (tertiary/aromatic N) is 1. The number of pyridine rings is 1. The fourth-order valence-corrected chi connectivity index (χ4v) is 0.902. The first-order valence-electron chi connectivity index (χ1n) is 2.99. The molecule has 0 aliphatic heterocycles. The summed E-state index contributed by atoms with van der Waals surface area (Å²) >= 11 is 5.51. The predicted molar refractivity (Wildman–Crippen MR) is 41.6 cm³/mol. The first-order chi connectivity index (χ1) is 5.63. The van der Waals surface area contributed by atoms with E-state index in [4.69, 9.17) is 16.7 Å². The van der Waals surface area contributed by atoms with Crippen LogP contribution in [0, 0.1) is 0 Å². The van der Waals surface area contributed by atoms with Crippen LogP contribution in [0.4, 0.5) is 0 Å². The fraction of sp³-hybridized carbons (Fsp3) is 0. The lowest BCUT2D eigenvalue weighted by molar-refractivity contribution is 0.0690. The van der Waals surface area contributed by atoms with Gasteiger partial charge in [-0.05, 0) is 12.1 Å². The lowest BCUT2D eigenvalue weighted by atomic mass is 10.3. The van der Waals surface area contributed by atoms with E-state index in [2.05, 4.69) is 4.98 Å². The van der Waals surface area contributed by atoms with E-state index in [0.29, 0.717) is 6.29 Å². The van der Waals surface area contributed by atoms with E-state index >= 15 is 0 Å². The molecule has 0 aromatic carbocycles. The van der Waals surface area contributed by atoms with Crippen molar-refractivity contribution < 1.29 is 14.7 Å². The van der Waals surface area contributed by atoms with Crippen molar-refractivity contribution in [3.05, 3.63) is 28.5 Å². The van der Waals surface area contributed by atoms with Crippen molar-refractivity contribution >= 4 is 23.9 Å². The topological polar surface area (TPSA) is 67.3 Å². The maximum absolute atomic E-state index is 10.4. The lowest BCUT2D eigenvalue weighted by Gasteiger charge is -1.95. The Kier molecular flexibility index (Phi) is 2.40. The first kappa shape index (κ1) is 8.67. The maximum atomic E-state index is 10.4. The molecule has 62 valence electrons. The van der Waals surface area contributed by atoms with Gasteiger partial charge < -0.3 is 5.11 Å². The zero-order chi connectivity index (χ0) is 9.14. The van der Waals surface area contributed by atoms with Gasteiger partial charge in [0.25, 0.3) is 0 Å². The molecular formula is C7H4ClNO3. The number of carboxylic acids is 1.